The lowest BCUT2D eigenvalue weighted by atomic mass is 10.1. The van der Waals surface area contributed by atoms with Gasteiger partial charge in [-0.1, -0.05) is 48.3 Å². The highest BCUT2D eigenvalue weighted by Crippen LogP contribution is 2.23. The fraction of sp³-hybridized carbons (Fsp3) is 0.211. The van der Waals surface area contributed by atoms with E-state index in [9.17, 15) is 4.79 Å². The number of para-hydroxylation sites is 1. The van der Waals surface area contributed by atoms with Crippen LogP contribution in [0.15, 0.2) is 52.4 Å². The zero-order valence-electron chi connectivity index (χ0n) is 14.5. The van der Waals surface area contributed by atoms with E-state index in [1.807, 2.05) is 38.1 Å². The number of anilines is 1. The highest BCUT2D eigenvalue weighted by molar-refractivity contribution is 6.42. The Bertz CT molecular complexity index is 1040. The molecular weight excluding hydrogens is 371 g/mol. The van der Waals surface area contributed by atoms with Crippen molar-refractivity contribution in [2.45, 2.75) is 26.8 Å². The van der Waals surface area contributed by atoms with Crippen LogP contribution in [0.2, 0.25) is 10.0 Å². The maximum Gasteiger partial charge on any atom is 0.262 e. The molecule has 3 rings (SSSR count). The van der Waals surface area contributed by atoms with Gasteiger partial charge in [0.2, 0.25) is 5.95 Å². The van der Waals surface area contributed by atoms with E-state index in [-0.39, 0.29) is 5.56 Å². The van der Waals surface area contributed by atoms with Crippen LogP contribution in [0.1, 0.15) is 25.8 Å². The number of benzene rings is 2. The predicted octanol–water partition coefficient (Wildman–Crippen LogP) is 4.95. The number of hydrogen-bond acceptors (Lipinski definition) is 4. The van der Waals surface area contributed by atoms with Gasteiger partial charge in [0.05, 0.1) is 26.7 Å². The summed E-state index contributed by atoms with van der Waals surface area (Å²) in [6.07, 6.45) is 0.675. The lowest BCUT2D eigenvalue weighted by Gasteiger charge is -2.12. The van der Waals surface area contributed by atoms with E-state index >= 15 is 0 Å². The second-order valence-corrected chi connectivity index (χ2v) is 6.47. The molecule has 3 aromatic rings. The van der Waals surface area contributed by atoms with Crippen molar-refractivity contribution in [1.29, 1.82) is 0 Å². The minimum absolute atomic E-state index is 0.0941. The molecule has 2 aromatic carbocycles. The molecule has 0 amide bonds. The molecule has 7 heteroatoms. The average Bonchev–Trinajstić information content (AvgIpc) is 2.65. The monoisotopic (exact) mass is 388 g/mol. The van der Waals surface area contributed by atoms with Crippen LogP contribution in [-0.2, 0) is 6.54 Å². The first kappa shape index (κ1) is 18.4. The van der Waals surface area contributed by atoms with Crippen LogP contribution >= 0.6 is 23.2 Å². The van der Waals surface area contributed by atoms with Crippen molar-refractivity contribution in [2.75, 3.05) is 5.43 Å². The van der Waals surface area contributed by atoms with Gasteiger partial charge < -0.3 is 0 Å². The van der Waals surface area contributed by atoms with Gasteiger partial charge in [0.1, 0.15) is 0 Å². The molecule has 26 heavy (non-hydrogen) atoms. The van der Waals surface area contributed by atoms with Crippen LogP contribution in [0.25, 0.3) is 10.9 Å². The number of hydrazone groups is 1. The summed E-state index contributed by atoms with van der Waals surface area (Å²) in [7, 11) is 0. The zero-order valence-corrected chi connectivity index (χ0v) is 16.0. The standard InChI is InChI=1S/C19H18Cl2N4O/c1-3-16(12-9-10-14(20)15(21)11-12)23-24-19-22-17-8-6-5-7-13(17)18(26)25(19)4-2/h5-11H,3-4H2,1-2H3,(H,22,24)/b23-16-. The third kappa shape index (κ3) is 3.59. The molecule has 0 bridgehead atoms. The van der Waals surface area contributed by atoms with Crippen molar-refractivity contribution in [1.82, 2.24) is 9.55 Å². The molecule has 0 unspecified atom stereocenters. The Morgan fingerprint density at radius 2 is 1.92 bits per heavy atom. The molecule has 1 heterocycles. The smallest absolute Gasteiger partial charge is 0.262 e. The highest BCUT2D eigenvalue weighted by Gasteiger charge is 2.10. The molecule has 134 valence electrons. The van der Waals surface area contributed by atoms with E-state index in [0.717, 1.165) is 11.3 Å². The first-order valence-corrected chi connectivity index (χ1v) is 9.08. The van der Waals surface area contributed by atoms with E-state index in [0.29, 0.717) is 39.9 Å². The van der Waals surface area contributed by atoms with Gasteiger partial charge >= 0.3 is 0 Å². The first-order valence-electron chi connectivity index (χ1n) is 8.32. The molecule has 1 aromatic heterocycles. The number of aromatic nitrogens is 2. The summed E-state index contributed by atoms with van der Waals surface area (Å²) in [5, 5.41) is 6.01. The van der Waals surface area contributed by atoms with Crippen molar-refractivity contribution in [3.05, 3.63) is 68.4 Å². The van der Waals surface area contributed by atoms with Gasteiger partial charge in [0.15, 0.2) is 0 Å². The Morgan fingerprint density at radius 3 is 2.62 bits per heavy atom. The van der Waals surface area contributed by atoms with E-state index in [1.165, 1.54) is 0 Å². The lowest BCUT2D eigenvalue weighted by Crippen LogP contribution is -2.23. The maximum absolute atomic E-state index is 12.6. The summed E-state index contributed by atoms with van der Waals surface area (Å²) < 4.78 is 1.56. The Morgan fingerprint density at radius 1 is 1.15 bits per heavy atom. The molecule has 1 N–H and O–H groups in total. The molecule has 0 aliphatic heterocycles. The quantitative estimate of drug-likeness (QED) is 0.496. The largest absolute Gasteiger partial charge is 0.277 e. The van der Waals surface area contributed by atoms with Crippen LogP contribution in [0, 0.1) is 0 Å². The van der Waals surface area contributed by atoms with Crippen LogP contribution in [-0.4, -0.2) is 15.3 Å². The summed E-state index contributed by atoms with van der Waals surface area (Å²) in [4.78, 5) is 17.2. The van der Waals surface area contributed by atoms with Crippen molar-refractivity contribution >= 4 is 45.8 Å². The normalized spacial score (nSPS) is 11.8. The number of halogens is 2. The molecule has 0 radical (unpaired) electrons. The van der Waals surface area contributed by atoms with E-state index in [4.69, 9.17) is 23.2 Å². The zero-order chi connectivity index (χ0) is 18.7. The maximum atomic E-state index is 12.6. The van der Waals surface area contributed by atoms with Crippen LogP contribution in [0.5, 0.6) is 0 Å². The summed E-state index contributed by atoms with van der Waals surface area (Å²) >= 11 is 12.1. The van der Waals surface area contributed by atoms with Gasteiger partial charge in [-0.05, 0) is 43.2 Å². The molecule has 5 nitrogen and oxygen atoms in total. The highest BCUT2D eigenvalue weighted by atomic mass is 35.5. The lowest BCUT2D eigenvalue weighted by molar-refractivity contribution is 0.724. The predicted molar refractivity (Wildman–Crippen MR) is 109 cm³/mol. The van der Waals surface area contributed by atoms with Crippen molar-refractivity contribution < 1.29 is 0 Å². The summed E-state index contributed by atoms with van der Waals surface area (Å²) in [5.74, 6) is 0.405. The summed E-state index contributed by atoms with van der Waals surface area (Å²) in [5.41, 5.74) is 5.13. The number of rotatable bonds is 5. The third-order valence-corrected chi connectivity index (χ3v) is 4.80. The van der Waals surface area contributed by atoms with E-state index in [1.54, 1.807) is 22.8 Å². The third-order valence-electron chi connectivity index (χ3n) is 4.06. The topological polar surface area (TPSA) is 59.3 Å². The van der Waals surface area contributed by atoms with Crippen molar-refractivity contribution in [3.8, 4) is 0 Å². The number of fused-ring (bicyclic) bond motifs is 1. The van der Waals surface area contributed by atoms with Gasteiger partial charge in [0.25, 0.3) is 5.56 Å². The summed E-state index contributed by atoms with van der Waals surface area (Å²) in [6, 6.07) is 12.6. The van der Waals surface area contributed by atoms with Crippen LogP contribution in [0.3, 0.4) is 0 Å². The number of nitrogens with zero attached hydrogens (tertiary/aromatic N) is 3. The van der Waals surface area contributed by atoms with Gasteiger partial charge in [-0.2, -0.15) is 5.10 Å². The van der Waals surface area contributed by atoms with Gasteiger partial charge in [-0.3, -0.25) is 9.36 Å². The SMILES string of the molecule is CC/C(=N/Nc1nc2ccccc2c(=O)n1CC)c1ccc(Cl)c(Cl)c1. The minimum atomic E-state index is -0.0941. The minimum Gasteiger partial charge on any atom is -0.277 e. The van der Waals surface area contributed by atoms with Crippen LogP contribution < -0.4 is 11.0 Å². The average molecular weight is 389 g/mol. The molecule has 0 atom stereocenters. The Labute approximate surface area is 161 Å². The molecular formula is C19H18Cl2N4O. The van der Waals surface area contributed by atoms with Gasteiger partial charge in [-0.25, -0.2) is 10.4 Å². The van der Waals surface area contributed by atoms with Gasteiger partial charge in [-0.15, -0.1) is 0 Å². The Kier molecular flexibility index (Phi) is 5.59. The van der Waals surface area contributed by atoms with E-state index < -0.39 is 0 Å². The second-order valence-electron chi connectivity index (χ2n) is 5.65. The number of nitrogens with one attached hydrogen (secondary N) is 1. The summed E-state index contributed by atoms with van der Waals surface area (Å²) in [6.45, 7) is 4.37. The molecule has 0 saturated heterocycles. The fourth-order valence-electron chi connectivity index (χ4n) is 2.69. The van der Waals surface area contributed by atoms with Gasteiger partial charge in [0, 0.05) is 6.54 Å². The number of hydrogen-bond donors (Lipinski definition) is 1. The molecule has 0 aliphatic rings. The fourth-order valence-corrected chi connectivity index (χ4v) is 2.99. The molecule has 0 fully saturated rings. The van der Waals surface area contributed by atoms with Crippen LogP contribution in [0.4, 0.5) is 5.95 Å². The first-order chi connectivity index (χ1) is 12.5. The second kappa shape index (κ2) is 7.89. The van der Waals surface area contributed by atoms with E-state index in [2.05, 4.69) is 15.5 Å². The molecule has 0 saturated carbocycles. The molecule has 0 aliphatic carbocycles. The Balaban J connectivity index is 2.02. The molecule has 0 spiro atoms. The van der Waals surface area contributed by atoms with Crippen molar-refractivity contribution in [2.24, 2.45) is 5.10 Å². The van der Waals surface area contributed by atoms with Crippen molar-refractivity contribution in [3.63, 3.8) is 0 Å². The Hall–Kier alpha value is -2.37.